The number of hydrogen-bond acceptors (Lipinski definition) is 0. The van der Waals surface area contributed by atoms with Crippen LogP contribution in [-0.2, 0) is 13.1 Å². The zero-order valence-electron chi connectivity index (χ0n) is 13.8. The summed E-state index contributed by atoms with van der Waals surface area (Å²) in [6.45, 7) is 8.84. The average molecular weight is 286 g/mol. The second-order valence-corrected chi connectivity index (χ2v) is 5.43. The molecule has 2 aromatic heterocycles. The molecule has 2 heteroatoms. The fraction of sp³-hybridized carbons (Fsp3) is 0.474. The number of unbranched alkanes of at least 4 members (excludes halogenated alkanes) is 2. The summed E-state index contributed by atoms with van der Waals surface area (Å²) in [6, 6.07) is 10.5. The zero-order chi connectivity index (χ0) is 15.3. The van der Waals surface area contributed by atoms with Gasteiger partial charge in [0, 0.05) is 37.1 Å². The van der Waals surface area contributed by atoms with Gasteiger partial charge < -0.3 is 0 Å². The summed E-state index contributed by atoms with van der Waals surface area (Å²) in [5.41, 5.74) is 1.33. The topological polar surface area (TPSA) is 7.76 Å². The number of nitrogens with zero attached hydrogens (tertiary/aromatic N) is 2. The van der Waals surface area contributed by atoms with Crippen molar-refractivity contribution in [3.8, 4) is 0 Å². The summed E-state index contributed by atoms with van der Waals surface area (Å²) >= 11 is 0. The van der Waals surface area contributed by atoms with Gasteiger partial charge in [-0.3, -0.25) is 0 Å². The van der Waals surface area contributed by atoms with E-state index in [-0.39, 0.29) is 0 Å². The molecule has 0 radical (unpaired) electrons. The summed E-state index contributed by atoms with van der Waals surface area (Å²) < 4.78 is 4.44. The number of hydrogen-bond donors (Lipinski definition) is 0. The van der Waals surface area contributed by atoms with Crippen molar-refractivity contribution in [2.24, 2.45) is 0 Å². The van der Waals surface area contributed by atoms with Crippen molar-refractivity contribution >= 4 is 0 Å². The van der Waals surface area contributed by atoms with Crippen LogP contribution in [0.1, 0.15) is 45.1 Å². The van der Waals surface area contributed by atoms with Crippen LogP contribution in [0.5, 0.6) is 0 Å². The first-order chi connectivity index (χ1) is 10.3. The summed E-state index contributed by atoms with van der Waals surface area (Å²) in [5, 5.41) is 0. The molecule has 2 heterocycles. The lowest BCUT2D eigenvalue weighted by molar-refractivity contribution is -0.697. The Balaban J connectivity index is 0.000000211. The largest absolute Gasteiger partial charge is 0.205 e. The number of rotatable bonds is 6. The van der Waals surface area contributed by atoms with Crippen LogP contribution >= 0.6 is 0 Å². The van der Waals surface area contributed by atoms with Gasteiger partial charge in [-0.25, -0.2) is 9.13 Å². The van der Waals surface area contributed by atoms with Crippen molar-refractivity contribution in [1.29, 1.82) is 0 Å². The van der Waals surface area contributed by atoms with Crippen LogP contribution in [0.4, 0.5) is 0 Å². The van der Waals surface area contributed by atoms with E-state index in [1.54, 1.807) is 0 Å². The highest BCUT2D eigenvalue weighted by atomic mass is 14.9. The molecule has 0 amide bonds. The van der Waals surface area contributed by atoms with E-state index in [0.717, 1.165) is 13.1 Å². The van der Waals surface area contributed by atoms with Gasteiger partial charge in [0.2, 0.25) is 0 Å². The molecule has 0 saturated carbocycles. The van der Waals surface area contributed by atoms with Gasteiger partial charge in [0.25, 0.3) is 0 Å². The van der Waals surface area contributed by atoms with Crippen LogP contribution in [0.25, 0.3) is 0 Å². The first kappa shape index (κ1) is 17.4. The van der Waals surface area contributed by atoms with Crippen molar-refractivity contribution < 1.29 is 9.13 Å². The Bertz CT molecular complexity index is 463. The Morgan fingerprint density at radius 3 is 1.67 bits per heavy atom. The smallest absolute Gasteiger partial charge is 0.169 e. The maximum Gasteiger partial charge on any atom is 0.169 e. The molecule has 0 aliphatic heterocycles. The molecule has 0 N–H and O–H groups in total. The van der Waals surface area contributed by atoms with E-state index < -0.39 is 0 Å². The molecule has 0 aromatic carbocycles. The molecule has 21 heavy (non-hydrogen) atoms. The van der Waals surface area contributed by atoms with E-state index in [2.05, 4.69) is 79.0 Å². The van der Waals surface area contributed by atoms with Crippen molar-refractivity contribution in [1.82, 2.24) is 0 Å². The molecule has 0 aliphatic carbocycles. The highest BCUT2D eigenvalue weighted by Gasteiger charge is 1.96. The second kappa shape index (κ2) is 11.0. The molecule has 0 spiro atoms. The fourth-order valence-electron chi connectivity index (χ4n) is 1.95. The third-order valence-corrected chi connectivity index (χ3v) is 3.37. The molecule has 2 aromatic rings. The predicted octanol–water partition coefficient (Wildman–Crippen LogP) is 3.86. The van der Waals surface area contributed by atoms with Crippen molar-refractivity contribution in [3.63, 3.8) is 0 Å². The maximum absolute atomic E-state index is 2.23. The summed E-state index contributed by atoms with van der Waals surface area (Å²) in [5.74, 6) is 0. The van der Waals surface area contributed by atoms with E-state index in [1.807, 2.05) is 6.07 Å². The highest BCUT2D eigenvalue weighted by Crippen LogP contribution is 1.91. The Kier molecular flexibility index (Phi) is 9.10. The van der Waals surface area contributed by atoms with Crippen molar-refractivity contribution in [3.05, 3.63) is 60.7 Å². The molecule has 0 bridgehead atoms. The van der Waals surface area contributed by atoms with Gasteiger partial charge in [0.15, 0.2) is 24.8 Å². The van der Waals surface area contributed by atoms with Gasteiger partial charge in [-0.15, -0.1) is 0 Å². The van der Waals surface area contributed by atoms with Crippen LogP contribution in [-0.4, -0.2) is 0 Å². The summed E-state index contributed by atoms with van der Waals surface area (Å²) in [7, 11) is 0. The minimum Gasteiger partial charge on any atom is -0.205 e. The van der Waals surface area contributed by atoms with Gasteiger partial charge in [-0.1, -0.05) is 32.8 Å². The van der Waals surface area contributed by atoms with Crippen LogP contribution in [0.3, 0.4) is 0 Å². The lowest BCUT2D eigenvalue weighted by Gasteiger charge is -1.94. The van der Waals surface area contributed by atoms with E-state index in [0.29, 0.717) is 0 Å². The van der Waals surface area contributed by atoms with Crippen LogP contribution in [0.15, 0.2) is 55.1 Å². The van der Waals surface area contributed by atoms with E-state index in [4.69, 9.17) is 0 Å². The van der Waals surface area contributed by atoms with Gasteiger partial charge in [-0.2, -0.15) is 0 Å². The molecule has 0 atom stereocenters. The summed E-state index contributed by atoms with van der Waals surface area (Å²) in [6.07, 6.45) is 13.6. The van der Waals surface area contributed by atoms with Gasteiger partial charge in [0.05, 0.1) is 0 Å². The van der Waals surface area contributed by atoms with Crippen LogP contribution < -0.4 is 9.13 Å². The van der Waals surface area contributed by atoms with E-state index >= 15 is 0 Å². The SMILES string of the molecule is CCCC[n+]1ccc(C)cc1.CCCC[n+]1ccccc1. The van der Waals surface area contributed by atoms with Gasteiger partial charge in [-0.05, 0) is 12.5 Å². The lowest BCUT2D eigenvalue weighted by atomic mass is 10.3. The fourth-order valence-corrected chi connectivity index (χ4v) is 1.95. The van der Waals surface area contributed by atoms with Crippen LogP contribution in [0.2, 0.25) is 0 Å². The third-order valence-electron chi connectivity index (χ3n) is 3.37. The summed E-state index contributed by atoms with van der Waals surface area (Å²) in [4.78, 5) is 0. The predicted molar refractivity (Wildman–Crippen MR) is 87.8 cm³/mol. The molecule has 0 aliphatic rings. The van der Waals surface area contributed by atoms with Crippen molar-refractivity contribution in [2.75, 3.05) is 0 Å². The number of aromatic nitrogens is 2. The normalized spacial score (nSPS) is 9.86. The van der Waals surface area contributed by atoms with Crippen molar-refractivity contribution in [2.45, 2.75) is 59.5 Å². The Morgan fingerprint density at radius 1 is 0.714 bits per heavy atom. The molecule has 0 saturated heterocycles. The lowest BCUT2D eigenvalue weighted by Crippen LogP contribution is -2.32. The third kappa shape index (κ3) is 8.23. The van der Waals surface area contributed by atoms with E-state index in [1.165, 1.54) is 31.2 Å². The second-order valence-electron chi connectivity index (χ2n) is 5.43. The highest BCUT2D eigenvalue weighted by molar-refractivity contribution is 5.03. The molecule has 2 rings (SSSR count). The number of aryl methyl sites for hydroxylation is 3. The van der Waals surface area contributed by atoms with Gasteiger partial charge in [0.1, 0.15) is 13.1 Å². The minimum absolute atomic E-state index is 1.15. The Morgan fingerprint density at radius 2 is 1.19 bits per heavy atom. The monoisotopic (exact) mass is 286 g/mol. The standard InChI is InChI=1S/C10H16N.C9H14N/c1-3-4-7-11-8-5-10(2)6-9-11;1-2-3-7-10-8-5-4-6-9-10/h5-6,8-9H,3-4,7H2,1-2H3;4-6,8-9H,2-3,7H2,1H3/q2*+1. The first-order valence-electron chi connectivity index (χ1n) is 8.16. The zero-order valence-corrected chi connectivity index (χ0v) is 13.8. The van der Waals surface area contributed by atoms with Crippen LogP contribution in [0, 0.1) is 6.92 Å². The Hall–Kier alpha value is -1.70. The molecule has 0 unspecified atom stereocenters. The molecular formula is C19H30N2+2. The first-order valence-corrected chi connectivity index (χ1v) is 8.16. The van der Waals surface area contributed by atoms with E-state index in [9.17, 15) is 0 Å². The molecular weight excluding hydrogens is 256 g/mol. The molecule has 2 nitrogen and oxygen atoms in total. The number of pyridine rings is 2. The molecule has 0 fully saturated rings. The van der Waals surface area contributed by atoms with Gasteiger partial charge >= 0.3 is 0 Å². The maximum atomic E-state index is 2.23. The Labute approximate surface area is 130 Å². The molecule has 114 valence electrons. The minimum atomic E-state index is 1.15. The quantitative estimate of drug-likeness (QED) is 0.713. The average Bonchev–Trinajstić information content (AvgIpc) is 2.54.